The molecule has 0 heterocycles. The van der Waals surface area contributed by atoms with Gasteiger partial charge in [0, 0.05) is 0 Å². The van der Waals surface area contributed by atoms with Crippen molar-refractivity contribution in [2.24, 2.45) is 0 Å². The summed E-state index contributed by atoms with van der Waals surface area (Å²) < 4.78 is 38.4. The van der Waals surface area contributed by atoms with Crippen LogP contribution >= 0.6 is 0 Å². The Bertz CT molecular complexity index is 439. The molecule has 1 aromatic rings. The average Bonchev–Trinajstić information content (AvgIpc) is 2.12. The van der Waals surface area contributed by atoms with Crippen LogP contribution in [0.2, 0.25) is 0 Å². The van der Waals surface area contributed by atoms with Crippen LogP contribution < -0.4 is 0 Å². The van der Waals surface area contributed by atoms with Crippen LogP contribution in [0.3, 0.4) is 0 Å². The highest BCUT2D eigenvalue weighted by molar-refractivity contribution is 5.33. The third kappa shape index (κ3) is 3.72. The summed E-state index contributed by atoms with van der Waals surface area (Å²) in [5.41, 5.74) is -0.608. The van der Waals surface area contributed by atoms with E-state index in [2.05, 4.69) is 0 Å². The number of hydrogen-bond donors (Lipinski definition) is 1. The number of halogens is 3. The van der Waals surface area contributed by atoms with Crippen LogP contribution in [0.25, 0.3) is 0 Å². The summed E-state index contributed by atoms with van der Waals surface area (Å²) in [7, 11) is 0. The van der Waals surface area contributed by atoms with Gasteiger partial charge in [-0.05, 0) is 38.2 Å². The molecule has 1 N–H and O–H groups in total. The molecule has 0 aliphatic heterocycles. The summed E-state index contributed by atoms with van der Waals surface area (Å²) in [5, 5.41) is 9.66. The van der Waals surface area contributed by atoms with E-state index >= 15 is 0 Å². The average molecular weight is 274 g/mol. The molecule has 0 radical (unpaired) electrons. The highest BCUT2D eigenvalue weighted by Gasteiger charge is 2.52. The van der Waals surface area contributed by atoms with E-state index in [9.17, 15) is 18.3 Å². The molecule has 0 saturated heterocycles. The molecule has 0 fully saturated rings. The molecule has 0 bridgehead atoms. The molecular weight excluding hydrogens is 253 g/mol. The zero-order valence-corrected chi connectivity index (χ0v) is 12.0. The van der Waals surface area contributed by atoms with E-state index in [0.29, 0.717) is 0 Å². The van der Waals surface area contributed by atoms with Gasteiger partial charge in [0.2, 0.25) is 0 Å². The van der Waals surface area contributed by atoms with Crippen LogP contribution in [-0.2, 0) is 5.41 Å². The lowest BCUT2D eigenvalue weighted by Gasteiger charge is -2.35. The van der Waals surface area contributed by atoms with E-state index in [1.54, 1.807) is 13.8 Å². The molecule has 1 atom stereocenters. The quantitative estimate of drug-likeness (QED) is 0.872. The van der Waals surface area contributed by atoms with E-state index in [1.807, 2.05) is 32.0 Å². The molecule has 0 aromatic heterocycles. The molecule has 4 heteroatoms. The van der Waals surface area contributed by atoms with Gasteiger partial charge in [0.15, 0.2) is 5.60 Å². The minimum absolute atomic E-state index is 0.369. The lowest BCUT2D eigenvalue weighted by molar-refractivity contribution is -0.259. The van der Waals surface area contributed by atoms with Crippen LogP contribution in [0.4, 0.5) is 13.2 Å². The zero-order chi connectivity index (χ0) is 15.1. The lowest BCUT2D eigenvalue weighted by atomic mass is 9.75. The summed E-state index contributed by atoms with van der Waals surface area (Å²) in [5.74, 6) is 0. The van der Waals surface area contributed by atoms with Crippen molar-refractivity contribution in [3.8, 4) is 0 Å². The first-order chi connectivity index (χ1) is 8.35. The summed E-state index contributed by atoms with van der Waals surface area (Å²) in [6, 6.07) is 5.72. The predicted molar refractivity (Wildman–Crippen MR) is 70.2 cm³/mol. The number of rotatable bonds is 3. The van der Waals surface area contributed by atoms with Crippen molar-refractivity contribution in [3.05, 3.63) is 34.9 Å². The highest BCUT2D eigenvalue weighted by atomic mass is 19.4. The summed E-state index contributed by atoms with van der Waals surface area (Å²) in [4.78, 5) is 0. The molecule has 108 valence electrons. The fourth-order valence-electron chi connectivity index (χ4n) is 2.43. The van der Waals surface area contributed by atoms with Crippen molar-refractivity contribution >= 4 is 0 Å². The molecular formula is C15H21F3O. The predicted octanol–water partition coefficient (Wildman–Crippen LogP) is 4.28. The molecule has 1 aromatic carbocycles. The number of aryl methyl sites for hydroxylation is 2. The Hall–Kier alpha value is -1.03. The van der Waals surface area contributed by atoms with E-state index in [-0.39, 0.29) is 6.42 Å². The summed E-state index contributed by atoms with van der Waals surface area (Å²) in [6.07, 6.45) is -4.99. The fourth-order valence-corrected chi connectivity index (χ4v) is 2.43. The molecule has 1 unspecified atom stereocenters. The van der Waals surface area contributed by atoms with Crippen molar-refractivity contribution in [1.29, 1.82) is 0 Å². The van der Waals surface area contributed by atoms with Crippen molar-refractivity contribution in [2.75, 3.05) is 0 Å². The first kappa shape index (κ1) is 16.0. The molecule has 0 amide bonds. The second kappa shape index (κ2) is 4.82. The van der Waals surface area contributed by atoms with Gasteiger partial charge < -0.3 is 5.11 Å². The topological polar surface area (TPSA) is 20.2 Å². The standard InChI is InChI=1S/C15H21F3O/c1-10-6-11(2)8-12(7-10)13(3,4)9-14(5,19)15(16,17)18/h6-8,19H,9H2,1-5H3. The van der Waals surface area contributed by atoms with Gasteiger partial charge in [0.05, 0.1) is 0 Å². The third-order valence-electron chi connectivity index (χ3n) is 3.40. The Morgan fingerprint density at radius 1 is 0.947 bits per heavy atom. The Labute approximate surface area is 112 Å². The van der Waals surface area contributed by atoms with Crippen molar-refractivity contribution in [1.82, 2.24) is 0 Å². The molecule has 0 saturated carbocycles. The number of hydrogen-bond acceptors (Lipinski definition) is 1. The first-order valence-electron chi connectivity index (χ1n) is 6.23. The molecule has 0 aliphatic rings. The number of aliphatic hydroxyl groups is 1. The van der Waals surface area contributed by atoms with Crippen LogP contribution in [0.1, 0.15) is 43.9 Å². The van der Waals surface area contributed by atoms with Gasteiger partial charge in [0.1, 0.15) is 0 Å². The maximum atomic E-state index is 12.8. The van der Waals surface area contributed by atoms with Gasteiger partial charge in [-0.25, -0.2) is 0 Å². The number of benzene rings is 1. The normalized spacial score (nSPS) is 16.3. The Morgan fingerprint density at radius 3 is 1.74 bits per heavy atom. The number of alkyl halides is 3. The molecule has 0 aliphatic carbocycles. The second-order valence-electron chi connectivity index (χ2n) is 6.21. The SMILES string of the molecule is Cc1cc(C)cc(C(C)(C)CC(C)(O)C(F)(F)F)c1. The van der Waals surface area contributed by atoms with Crippen LogP contribution in [-0.4, -0.2) is 16.9 Å². The van der Waals surface area contributed by atoms with Gasteiger partial charge in [0.25, 0.3) is 0 Å². The molecule has 0 spiro atoms. The smallest absolute Gasteiger partial charge is 0.381 e. The molecule has 19 heavy (non-hydrogen) atoms. The van der Waals surface area contributed by atoms with E-state index < -0.39 is 17.2 Å². The van der Waals surface area contributed by atoms with E-state index in [0.717, 1.165) is 23.6 Å². The Kier molecular flexibility index (Phi) is 4.06. The van der Waals surface area contributed by atoms with Crippen molar-refractivity contribution < 1.29 is 18.3 Å². The minimum Gasteiger partial charge on any atom is -0.381 e. The highest BCUT2D eigenvalue weighted by Crippen LogP contribution is 2.41. The maximum Gasteiger partial charge on any atom is 0.416 e. The molecule has 1 nitrogen and oxygen atoms in total. The maximum absolute atomic E-state index is 12.8. The second-order valence-corrected chi connectivity index (χ2v) is 6.21. The van der Waals surface area contributed by atoms with Crippen molar-refractivity contribution in [3.63, 3.8) is 0 Å². The summed E-state index contributed by atoms with van der Waals surface area (Å²) >= 11 is 0. The zero-order valence-electron chi connectivity index (χ0n) is 12.0. The van der Waals surface area contributed by atoms with Gasteiger partial charge in [-0.3, -0.25) is 0 Å². The Morgan fingerprint density at radius 2 is 1.37 bits per heavy atom. The van der Waals surface area contributed by atoms with Crippen LogP contribution in [0.5, 0.6) is 0 Å². The van der Waals surface area contributed by atoms with Crippen molar-refractivity contribution in [2.45, 2.75) is 58.2 Å². The van der Waals surface area contributed by atoms with Gasteiger partial charge in [-0.15, -0.1) is 0 Å². The van der Waals surface area contributed by atoms with E-state index in [4.69, 9.17) is 0 Å². The van der Waals surface area contributed by atoms with Crippen LogP contribution in [0.15, 0.2) is 18.2 Å². The molecule has 1 rings (SSSR count). The van der Waals surface area contributed by atoms with Gasteiger partial charge in [-0.2, -0.15) is 13.2 Å². The van der Waals surface area contributed by atoms with Crippen LogP contribution in [0, 0.1) is 13.8 Å². The van der Waals surface area contributed by atoms with Gasteiger partial charge in [-0.1, -0.05) is 43.2 Å². The van der Waals surface area contributed by atoms with Gasteiger partial charge >= 0.3 is 6.18 Å². The van der Waals surface area contributed by atoms with E-state index in [1.165, 1.54) is 0 Å². The lowest BCUT2D eigenvalue weighted by Crippen LogP contribution is -2.46. The Balaban J connectivity index is 3.11. The summed E-state index contributed by atoms with van der Waals surface area (Å²) in [6.45, 7) is 8.10. The largest absolute Gasteiger partial charge is 0.416 e. The third-order valence-corrected chi connectivity index (χ3v) is 3.40. The fraction of sp³-hybridized carbons (Fsp3) is 0.600. The monoisotopic (exact) mass is 274 g/mol. The minimum atomic E-state index is -4.62. The first-order valence-corrected chi connectivity index (χ1v) is 6.23.